The third-order valence-corrected chi connectivity index (χ3v) is 7.68. The third-order valence-electron chi connectivity index (χ3n) is 7.68. The lowest BCUT2D eigenvalue weighted by Crippen LogP contribution is -2.19. The Morgan fingerprint density at radius 2 is 1.62 bits per heavy atom. The molecule has 2 aromatic carbocycles. The summed E-state index contributed by atoms with van der Waals surface area (Å²) in [7, 11) is 1.53. The minimum absolute atomic E-state index is 0.267. The quantitative estimate of drug-likeness (QED) is 0.229. The maximum Gasteiger partial charge on any atom is 0.138 e. The predicted octanol–water partition coefficient (Wildman–Crippen LogP) is 7.69. The van der Waals surface area contributed by atoms with Crippen LogP contribution in [0.2, 0.25) is 0 Å². The number of benzene rings is 2. The van der Waals surface area contributed by atoms with Crippen LogP contribution in [-0.4, -0.2) is 38.4 Å². The van der Waals surface area contributed by atoms with Crippen LogP contribution in [0.3, 0.4) is 0 Å². The van der Waals surface area contributed by atoms with Crippen molar-refractivity contribution in [3.8, 4) is 45.1 Å². The number of ether oxygens (including phenoxy) is 2. The van der Waals surface area contributed by atoms with Gasteiger partial charge in [0.15, 0.2) is 0 Å². The van der Waals surface area contributed by atoms with Crippen molar-refractivity contribution in [1.82, 2.24) is 25.1 Å². The lowest BCUT2D eigenvalue weighted by molar-refractivity contribution is 0.154. The molecule has 0 bridgehead atoms. The molecule has 4 aromatic heterocycles. The van der Waals surface area contributed by atoms with Crippen molar-refractivity contribution in [2.75, 3.05) is 7.11 Å². The summed E-state index contributed by atoms with van der Waals surface area (Å²) in [6, 6.07) is 15.0. The van der Waals surface area contributed by atoms with E-state index in [-0.39, 0.29) is 11.9 Å². The fraction of sp³-hybridized carbons (Fsp3) is 0.219. The second-order valence-electron chi connectivity index (χ2n) is 10.3. The molecule has 1 saturated carbocycles. The number of nitrogens with zero attached hydrogens (tertiary/aromatic N) is 3. The highest BCUT2D eigenvalue weighted by Crippen LogP contribution is 2.36. The lowest BCUT2D eigenvalue weighted by Gasteiger charge is -2.23. The van der Waals surface area contributed by atoms with Gasteiger partial charge in [-0.2, -0.15) is 5.10 Å². The zero-order valence-corrected chi connectivity index (χ0v) is 22.1. The first-order valence-corrected chi connectivity index (χ1v) is 13.6. The maximum atomic E-state index is 14.3. The van der Waals surface area contributed by atoms with Crippen molar-refractivity contribution >= 4 is 21.8 Å². The number of aromatic nitrogens is 5. The SMILES string of the molecule is COc1cc(F)cc(-c2cncc3[nH]c(-c4n[nH]c5ccc(-c6cncc(OC7CCCCC7)c6)cc45)cc23)c1. The van der Waals surface area contributed by atoms with Crippen molar-refractivity contribution in [2.24, 2.45) is 0 Å². The molecule has 4 heterocycles. The average molecular weight is 534 g/mol. The monoisotopic (exact) mass is 533 g/mol. The summed E-state index contributed by atoms with van der Waals surface area (Å²) in [6.07, 6.45) is 13.4. The van der Waals surface area contributed by atoms with Gasteiger partial charge in [0.25, 0.3) is 0 Å². The molecule has 1 fully saturated rings. The van der Waals surface area contributed by atoms with Crippen LogP contribution in [0.4, 0.5) is 4.39 Å². The van der Waals surface area contributed by atoms with E-state index in [4.69, 9.17) is 9.47 Å². The van der Waals surface area contributed by atoms with E-state index in [2.05, 4.69) is 43.3 Å². The van der Waals surface area contributed by atoms with Crippen LogP contribution >= 0.6 is 0 Å². The fourth-order valence-corrected chi connectivity index (χ4v) is 5.66. The minimum atomic E-state index is -0.365. The molecule has 0 aliphatic heterocycles. The average Bonchev–Trinajstić information content (AvgIpc) is 3.61. The normalized spacial score (nSPS) is 14.2. The Bertz CT molecular complexity index is 1840. The third kappa shape index (κ3) is 4.55. The van der Waals surface area contributed by atoms with E-state index in [0.29, 0.717) is 11.3 Å². The van der Waals surface area contributed by atoms with Crippen LogP contribution in [0.25, 0.3) is 55.4 Å². The molecule has 2 N–H and O–H groups in total. The van der Waals surface area contributed by atoms with Gasteiger partial charge >= 0.3 is 0 Å². The molecule has 0 saturated heterocycles. The van der Waals surface area contributed by atoms with Crippen molar-refractivity contribution in [3.63, 3.8) is 0 Å². The lowest BCUT2D eigenvalue weighted by atomic mass is 9.98. The molecular weight excluding hydrogens is 505 g/mol. The van der Waals surface area contributed by atoms with Gasteiger partial charge < -0.3 is 14.5 Å². The summed E-state index contributed by atoms with van der Waals surface area (Å²) in [5.41, 5.74) is 6.90. The largest absolute Gasteiger partial charge is 0.497 e. The van der Waals surface area contributed by atoms with Gasteiger partial charge in [-0.05, 0) is 73.2 Å². The Hall–Kier alpha value is -4.72. The summed E-state index contributed by atoms with van der Waals surface area (Å²) in [5.74, 6) is 0.897. The standard InChI is InChI=1S/C32H28FN5O2/c1-39-24-10-20(9-22(33)13-24)28-17-35-18-31-26(28)14-30(36-31)32-27-12-19(7-8-29(27)37-38-32)21-11-25(16-34-15-21)40-23-5-3-2-4-6-23/h7-18,23,36H,2-6H2,1H3,(H,37,38). The van der Waals surface area contributed by atoms with Gasteiger partial charge in [-0.25, -0.2) is 4.39 Å². The van der Waals surface area contributed by atoms with Crippen LogP contribution < -0.4 is 9.47 Å². The molecule has 8 heteroatoms. The van der Waals surface area contributed by atoms with Crippen molar-refractivity contribution in [3.05, 3.63) is 79.1 Å². The minimum Gasteiger partial charge on any atom is -0.497 e. The maximum absolute atomic E-state index is 14.3. The molecule has 1 aliphatic carbocycles. The first-order valence-electron chi connectivity index (χ1n) is 13.6. The van der Waals surface area contributed by atoms with Crippen LogP contribution in [0, 0.1) is 5.82 Å². The van der Waals surface area contributed by atoms with Crippen LogP contribution in [-0.2, 0) is 0 Å². The van der Waals surface area contributed by atoms with E-state index < -0.39 is 0 Å². The highest BCUT2D eigenvalue weighted by molar-refractivity contribution is 6.01. The first-order chi connectivity index (χ1) is 19.6. The number of fused-ring (bicyclic) bond motifs is 2. The smallest absolute Gasteiger partial charge is 0.138 e. The number of rotatable bonds is 6. The molecule has 40 heavy (non-hydrogen) atoms. The number of aromatic amines is 2. The van der Waals surface area contributed by atoms with Crippen molar-refractivity contribution in [2.45, 2.75) is 38.2 Å². The summed E-state index contributed by atoms with van der Waals surface area (Å²) >= 11 is 0. The molecular formula is C32H28FN5O2. The Morgan fingerprint density at radius 3 is 2.50 bits per heavy atom. The van der Waals surface area contributed by atoms with Crippen LogP contribution in [0.15, 0.2) is 73.3 Å². The van der Waals surface area contributed by atoms with Crippen molar-refractivity contribution in [1.29, 1.82) is 0 Å². The van der Waals surface area contributed by atoms with Gasteiger partial charge in [-0.15, -0.1) is 0 Å². The molecule has 0 unspecified atom stereocenters. The van der Waals surface area contributed by atoms with Gasteiger partial charge in [-0.3, -0.25) is 15.1 Å². The highest BCUT2D eigenvalue weighted by Gasteiger charge is 2.17. The van der Waals surface area contributed by atoms with E-state index in [1.165, 1.54) is 38.5 Å². The van der Waals surface area contributed by atoms with E-state index in [9.17, 15) is 4.39 Å². The van der Waals surface area contributed by atoms with Crippen LogP contribution in [0.1, 0.15) is 32.1 Å². The van der Waals surface area contributed by atoms with Gasteiger partial charge in [0.05, 0.1) is 42.3 Å². The summed E-state index contributed by atoms with van der Waals surface area (Å²) in [5, 5.41) is 9.68. The van der Waals surface area contributed by atoms with Gasteiger partial charge in [0.1, 0.15) is 23.0 Å². The molecule has 0 spiro atoms. The first kappa shape index (κ1) is 24.3. The second kappa shape index (κ2) is 10.1. The van der Waals surface area contributed by atoms with Crippen LogP contribution in [0.5, 0.6) is 11.5 Å². The second-order valence-corrected chi connectivity index (χ2v) is 10.3. The van der Waals surface area contributed by atoms with Gasteiger partial charge in [0.2, 0.25) is 0 Å². The molecule has 200 valence electrons. The Morgan fingerprint density at radius 1 is 0.775 bits per heavy atom. The Kier molecular flexibility index (Phi) is 6.15. The molecule has 1 aliphatic rings. The number of hydrogen-bond acceptors (Lipinski definition) is 5. The van der Waals surface area contributed by atoms with Gasteiger partial charge in [0, 0.05) is 40.4 Å². The van der Waals surface area contributed by atoms with Crippen molar-refractivity contribution < 1.29 is 13.9 Å². The number of methoxy groups -OCH3 is 1. The highest BCUT2D eigenvalue weighted by atomic mass is 19.1. The molecule has 0 radical (unpaired) electrons. The topological polar surface area (TPSA) is 88.7 Å². The van der Waals surface area contributed by atoms with E-state index in [1.54, 1.807) is 18.6 Å². The Balaban J connectivity index is 1.26. The molecule has 6 aromatic rings. The number of nitrogens with one attached hydrogen (secondary N) is 2. The van der Waals surface area contributed by atoms with E-state index >= 15 is 0 Å². The summed E-state index contributed by atoms with van der Waals surface area (Å²) in [6.45, 7) is 0. The van der Waals surface area contributed by atoms with E-state index in [0.717, 1.165) is 68.5 Å². The molecule has 7 nitrogen and oxygen atoms in total. The Labute approximate surface area is 230 Å². The summed E-state index contributed by atoms with van der Waals surface area (Å²) < 4.78 is 25.8. The molecule has 0 atom stereocenters. The zero-order valence-electron chi connectivity index (χ0n) is 22.1. The number of H-pyrrole nitrogens is 2. The molecule has 0 amide bonds. The number of halogens is 1. The number of hydrogen-bond donors (Lipinski definition) is 2. The predicted molar refractivity (Wildman–Crippen MR) is 154 cm³/mol. The zero-order chi connectivity index (χ0) is 27.1. The van der Waals surface area contributed by atoms with E-state index in [1.807, 2.05) is 24.4 Å². The molecule has 7 rings (SSSR count). The fourth-order valence-electron chi connectivity index (χ4n) is 5.66. The van der Waals surface area contributed by atoms with Gasteiger partial charge in [-0.1, -0.05) is 12.5 Å². The summed E-state index contributed by atoms with van der Waals surface area (Å²) in [4.78, 5) is 12.3. The number of pyridine rings is 2.